The molecule has 1 N–H and O–H groups in total. The Hall–Kier alpha value is -9.10. The van der Waals surface area contributed by atoms with Gasteiger partial charge in [0.1, 0.15) is 0 Å². The van der Waals surface area contributed by atoms with Crippen molar-refractivity contribution in [1.82, 2.24) is 4.57 Å². The molecule has 6 nitrogen and oxygen atoms in total. The molecule has 0 radical (unpaired) electrons. The molecular weight excluding hydrogens is 957 g/mol. The zero-order valence-corrected chi connectivity index (χ0v) is 44.8. The number of anilines is 3. The summed E-state index contributed by atoms with van der Waals surface area (Å²) in [5, 5.41) is 11.5. The van der Waals surface area contributed by atoms with Crippen LogP contribution in [0.25, 0.3) is 60.9 Å². The number of aromatic nitrogens is 1. The third-order valence-corrected chi connectivity index (χ3v) is 15.4. The summed E-state index contributed by atoms with van der Waals surface area (Å²) in [4.78, 5) is 24.1. The molecule has 9 aromatic rings. The second-order valence-corrected chi connectivity index (χ2v) is 20.5. The van der Waals surface area contributed by atoms with Gasteiger partial charge in [-0.2, -0.15) is 0 Å². The lowest BCUT2D eigenvalue weighted by atomic mass is 9.70. The van der Waals surface area contributed by atoms with Gasteiger partial charge in [-0.3, -0.25) is 4.79 Å². The van der Waals surface area contributed by atoms with Crippen molar-refractivity contribution in [2.45, 2.75) is 90.4 Å². The first-order chi connectivity index (χ1) is 38.2. The summed E-state index contributed by atoms with van der Waals surface area (Å²) in [6.45, 7) is 6.58. The van der Waals surface area contributed by atoms with Crippen LogP contribution in [0.15, 0.2) is 200 Å². The zero-order chi connectivity index (χ0) is 53.8. The van der Waals surface area contributed by atoms with E-state index in [1.165, 1.54) is 62.1 Å². The van der Waals surface area contributed by atoms with Crippen molar-refractivity contribution < 1.29 is 19.4 Å². The van der Waals surface area contributed by atoms with Crippen molar-refractivity contribution in [2.75, 3.05) is 4.90 Å². The highest BCUT2D eigenvalue weighted by molar-refractivity contribution is 6.10. The van der Waals surface area contributed by atoms with Crippen molar-refractivity contribution in [3.8, 4) is 62.7 Å². The second kappa shape index (κ2) is 24.3. The molecule has 6 heteroatoms. The van der Waals surface area contributed by atoms with Gasteiger partial charge in [0, 0.05) is 50.6 Å². The molecule has 78 heavy (non-hydrogen) atoms. The summed E-state index contributed by atoms with van der Waals surface area (Å²) in [5.41, 5.74) is 20.0. The molecule has 0 saturated heterocycles. The number of benzene rings is 8. The van der Waals surface area contributed by atoms with Crippen LogP contribution in [0.2, 0.25) is 0 Å². The van der Waals surface area contributed by atoms with Gasteiger partial charge in [-0.25, -0.2) is 4.79 Å². The lowest BCUT2D eigenvalue weighted by molar-refractivity contribution is -0.131. The van der Waals surface area contributed by atoms with Crippen LogP contribution in [0.5, 0.6) is 0 Å². The Labute approximate surface area is 459 Å². The van der Waals surface area contributed by atoms with Crippen LogP contribution in [-0.2, 0) is 19.7 Å². The molecule has 0 aliphatic heterocycles. The number of carboxylic acid groups (broad SMARTS) is 1. The summed E-state index contributed by atoms with van der Waals surface area (Å²) in [6, 6.07) is 64.7. The van der Waals surface area contributed by atoms with Crippen LogP contribution in [0.1, 0.15) is 98.9 Å². The van der Waals surface area contributed by atoms with Gasteiger partial charge in [0.2, 0.25) is 0 Å². The number of carbonyl (C=O) groups excluding carboxylic acids is 1. The maximum absolute atomic E-state index is 11.1. The molecule has 8 aromatic carbocycles. The highest BCUT2D eigenvalue weighted by Crippen LogP contribution is 2.55. The fraction of sp³-hybridized carbons (Fsp3) is 0.194. The van der Waals surface area contributed by atoms with Gasteiger partial charge in [0.05, 0.1) is 17.3 Å². The van der Waals surface area contributed by atoms with Gasteiger partial charge >= 0.3 is 5.97 Å². The third kappa shape index (κ3) is 11.4. The Morgan fingerprint density at radius 3 is 1.79 bits per heavy atom. The van der Waals surface area contributed by atoms with Crippen molar-refractivity contribution in [2.24, 2.45) is 0 Å². The van der Waals surface area contributed by atoms with Gasteiger partial charge in [-0.1, -0.05) is 146 Å². The predicted octanol–water partition coefficient (Wildman–Crippen LogP) is 18.1. The Kier molecular flexibility index (Phi) is 16.3. The largest absolute Gasteiger partial charge is 0.478 e. The van der Waals surface area contributed by atoms with E-state index in [1.807, 2.05) is 6.08 Å². The van der Waals surface area contributed by atoms with E-state index in [-0.39, 0.29) is 5.41 Å². The topological polar surface area (TPSA) is 71.8 Å². The number of aryl methyl sites for hydroxylation is 2. The molecule has 0 bridgehead atoms. The SMILES string of the molecule is CC#CC#Cc1ccc(-n2c3ccccc3c3cc(-c4ccc(N(c5ccc(C)cc5)c5ccc(-c6ccc7c(c6)C(CCCCC/C=C\C(=O)O)(CCCCC/C=C/OC=O)c6cc(C)ccc6-7)cc5)cc4)ccc32)cc1. The second-order valence-electron chi connectivity index (χ2n) is 20.5. The first-order valence-corrected chi connectivity index (χ1v) is 27.3. The molecule has 1 aliphatic rings. The molecule has 0 spiro atoms. The van der Waals surface area contributed by atoms with Crippen LogP contribution in [0.3, 0.4) is 0 Å². The van der Waals surface area contributed by atoms with E-state index < -0.39 is 5.97 Å². The van der Waals surface area contributed by atoms with Crippen molar-refractivity contribution in [3.63, 3.8) is 0 Å². The number of ether oxygens (including phenoxy) is 1. The normalized spacial score (nSPS) is 13.5. The quantitative estimate of drug-likeness (QED) is 0.0255. The number of allylic oxidation sites excluding steroid dienone is 2. The average molecular weight is 1020 g/mol. The van der Waals surface area contributed by atoms with E-state index in [4.69, 9.17) is 9.84 Å². The Morgan fingerprint density at radius 2 is 1.14 bits per heavy atom. The fourth-order valence-corrected chi connectivity index (χ4v) is 11.6. The van der Waals surface area contributed by atoms with Gasteiger partial charge in [0.15, 0.2) is 0 Å². The van der Waals surface area contributed by atoms with Crippen molar-refractivity contribution in [3.05, 3.63) is 228 Å². The van der Waals surface area contributed by atoms with Gasteiger partial charge in [0.25, 0.3) is 6.47 Å². The number of fused-ring (bicyclic) bond motifs is 6. The minimum atomic E-state index is -0.897. The number of unbranched alkanes of at least 4 members (excludes halogenated alkanes) is 6. The van der Waals surface area contributed by atoms with E-state index in [1.54, 1.807) is 13.0 Å². The summed E-state index contributed by atoms with van der Waals surface area (Å²) in [7, 11) is 0. The number of carboxylic acids is 1. The number of carbonyl (C=O) groups is 2. The summed E-state index contributed by atoms with van der Waals surface area (Å²) < 4.78 is 7.12. The summed E-state index contributed by atoms with van der Waals surface area (Å²) >= 11 is 0. The fourth-order valence-electron chi connectivity index (χ4n) is 11.6. The molecule has 0 amide bonds. The minimum absolute atomic E-state index is 0.160. The monoisotopic (exact) mass is 1020 g/mol. The van der Waals surface area contributed by atoms with Crippen molar-refractivity contribution in [1.29, 1.82) is 0 Å². The molecule has 10 rings (SSSR count). The highest BCUT2D eigenvalue weighted by atomic mass is 16.5. The number of hydrogen-bond acceptors (Lipinski definition) is 4. The van der Waals surface area contributed by atoms with Gasteiger partial charge < -0.3 is 19.3 Å². The number of rotatable bonds is 21. The van der Waals surface area contributed by atoms with E-state index in [0.717, 1.165) is 120 Å². The van der Waals surface area contributed by atoms with Crippen molar-refractivity contribution >= 4 is 51.3 Å². The number of hydrogen-bond donors (Lipinski definition) is 1. The average Bonchev–Trinajstić information content (AvgIpc) is 4.16. The molecule has 386 valence electrons. The number of para-hydroxylation sites is 1. The van der Waals surface area contributed by atoms with Crippen LogP contribution < -0.4 is 4.90 Å². The third-order valence-electron chi connectivity index (χ3n) is 15.4. The zero-order valence-electron chi connectivity index (χ0n) is 44.8. The predicted molar refractivity (Wildman–Crippen MR) is 322 cm³/mol. The number of aliphatic carboxylic acids is 1. The van der Waals surface area contributed by atoms with Gasteiger partial charge in [-0.05, 0) is 207 Å². The summed E-state index contributed by atoms with van der Waals surface area (Å²) in [5.74, 6) is 10.8. The molecule has 1 aliphatic carbocycles. The molecule has 0 fully saturated rings. The Bertz CT molecular complexity index is 3800. The summed E-state index contributed by atoms with van der Waals surface area (Å²) in [6.07, 6.45) is 16.3. The molecule has 1 aromatic heterocycles. The van der Waals surface area contributed by atoms with E-state index in [2.05, 4.69) is 223 Å². The lowest BCUT2D eigenvalue weighted by Crippen LogP contribution is -2.25. The van der Waals surface area contributed by atoms with E-state index >= 15 is 0 Å². The standard InChI is InChI=1S/C72H64N2O4/c1-4-5-12-19-54-26-36-62(37-27-54)74-69-21-15-14-20-65(69)66-49-57(33-44-70(66)74)55-28-38-60(39-29-55)73(59-34-23-52(2)24-35-59)61-40-30-56(31-41-61)58-32-43-64-63-42-25-53(3)48-67(63)72(68(64)50-58,45-16-9-6-8-13-22-71(76)77)46-17-10-7-11-18-47-78-51-75/h13-15,18,20-44,47-51H,6-11,16-17,45-46H2,1-3H3,(H,76,77)/b22-13-,47-18+. The molecule has 0 saturated carbocycles. The van der Waals surface area contributed by atoms with Crippen LogP contribution in [0, 0.1) is 37.5 Å². The first-order valence-electron chi connectivity index (χ1n) is 27.3. The lowest BCUT2D eigenvalue weighted by Gasteiger charge is -2.33. The highest BCUT2D eigenvalue weighted by Gasteiger charge is 2.42. The van der Waals surface area contributed by atoms with Gasteiger partial charge in [-0.15, -0.1) is 0 Å². The maximum atomic E-state index is 11.1. The Morgan fingerprint density at radius 1 is 0.577 bits per heavy atom. The molecular formula is C72H64N2O4. The Balaban J connectivity index is 0.947. The van der Waals surface area contributed by atoms with Crippen LogP contribution in [-0.4, -0.2) is 22.1 Å². The first kappa shape index (κ1) is 52.3. The molecule has 1 atom stereocenters. The minimum Gasteiger partial charge on any atom is -0.478 e. The van der Waals surface area contributed by atoms with E-state index in [9.17, 15) is 9.59 Å². The molecule has 1 unspecified atom stereocenters. The van der Waals surface area contributed by atoms with Crippen LogP contribution >= 0.6 is 0 Å². The van der Waals surface area contributed by atoms with E-state index in [0.29, 0.717) is 6.47 Å². The van der Waals surface area contributed by atoms with Crippen LogP contribution in [0.4, 0.5) is 17.1 Å². The maximum Gasteiger partial charge on any atom is 0.327 e. The number of nitrogens with zero attached hydrogens (tertiary/aromatic N) is 2. The molecule has 1 heterocycles. The smallest absolute Gasteiger partial charge is 0.327 e.